The van der Waals surface area contributed by atoms with E-state index in [-0.39, 0.29) is 18.2 Å². The number of hydrogen-bond acceptors (Lipinski definition) is 6. The fourth-order valence-corrected chi connectivity index (χ4v) is 5.02. The number of imidazole rings is 1. The molecule has 3 heterocycles. The maximum Gasteiger partial charge on any atom is 0.261 e. The number of ether oxygens (including phenoxy) is 1. The molecule has 0 amide bonds. The van der Waals surface area contributed by atoms with Gasteiger partial charge < -0.3 is 30.0 Å². The summed E-state index contributed by atoms with van der Waals surface area (Å²) < 4.78 is 6.63. The van der Waals surface area contributed by atoms with E-state index in [1.54, 1.807) is 12.3 Å². The number of nitrogens with zero attached hydrogens (tertiary/aromatic N) is 2. The second kappa shape index (κ2) is 10.1. The van der Waals surface area contributed by atoms with Crippen LogP contribution in [0.25, 0.3) is 22.4 Å². The minimum atomic E-state index is -0.745. The maximum absolute atomic E-state index is 12.9. The first-order valence-electron chi connectivity index (χ1n) is 12.1. The van der Waals surface area contributed by atoms with Gasteiger partial charge in [0.2, 0.25) is 0 Å². The SMILES string of the molecule is Cc1ccc([C@H](O)CNc2cc[nH]c(=O)c2-c2nc3c(C)cc(N4CCOC(C)C4)cc3[nH]2)cc1Br. The zero-order valence-electron chi connectivity index (χ0n) is 20.6. The molecular formula is C27H30BrN5O3. The van der Waals surface area contributed by atoms with Gasteiger partial charge in [0.05, 0.1) is 35.5 Å². The van der Waals surface area contributed by atoms with E-state index in [9.17, 15) is 9.90 Å². The van der Waals surface area contributed by atoms with Gasteiger partial charge in [-0.1, -0.05) is 28.1 Å². The summed E-state index contributed by atoms with van der Waals surface area (Å²) in [5.74, 6) is 0.484. The summed E-state index contributed by atoms with van der Waals surface area (Å²) >= 11 is 3.52. The molecule has 5 rings (SSSR count). The van der Waals surface area contributed by atoms with Gasteiger partial charge in [0.15, 0.2) is 0 Å². The van der Waals surface area contributed by atoms with Crippen LogP contribution in [0, 0.1) is 13.8 Å². The molecule has 1 fully saturated rings. The van der Waals surface area contributed by atoms with Crippen molar-refractivity contribution in [3.8, 4) is 11.4 Å². The van der Waals surface area contributed by atoms with Gasteiger partial charge in [0.25, 0.3) is 5.56 Å². The number of aromatic amines is 2. The highest BCUT2D eigenvalue weighted by molar-refractivity contribution is 9.10. The molecule has 0 bridgehead atoms. The quantitative estimate of drug-likeness (QED) is 0.277. The first-order chi connectivity index (χ1) is 17.3. The van der Waals surface area contributed by atoms with E-state index in [1.165, 1.54) is 0 Å². The van der Waals surface area contributed by atoms with Crippen LogP contribution < -0.4 is 15.8 Å². The summed E-state index contributed by atoms with van der Waals surface area (Å²) in [6.45, 7) is 8.72. The first-order valence-corrected chi connectivity index (χ1v) is 12.9. The minimum absolute atomic E-state index is 0.181. The molecule has 2 aromatic heterocycles. The molecule has 188 valence electrons. The Kier molecular flexibility index (Phi) is 6.87. The third-order valence-corrected chi connectivity index (χ3v) is 7.49. The Morgan fingerprint density at radius 2 is 2.08 bits per heavy atom. The lowest BCUT2D eigenvalue weighted by Gasteiger charge is -2.33. The molecule has 9 heteroatoms. The first kappa shape index (κ1) is 24.5. The van der Waals surface area contributed by atoms with Gasteiger partial charge in [-0.2, -0.15) is 0 Å². The van der Waals surface area contributed by atoms with Crippen LogP contribution in [0.2, 0.25) is 0 Å². The second-order valence-electron chi connectivity index (χ2n) is 9.37. The molecule has 0 radical (unpaired) electrons. The predicted molar refractivity (Wildman–Crippen MR) is 147 cm³/mol. The number of aromatic nitrogens is 3. The van der Waals surface area contributed by atoms with Gasteiger partial charge in [0.1, 0.15) is 11.4 Å². The zero-order valence-corrected chi connectivity index (χ0v) is 22.1. The van der Waals surface area contributed by atoms with E-state index < -0.39 is 6.10 Å². The Morgan fingerprint density at radius 1 is 1.25 bits per heavy atom. The number of aliphatic hydroxyl groups is 1. The minimum Gasteiger partial charge on any atom is -0.387 e. The van der Waals surface area contributed by atoms with Gasteiger partial charge in [-0.3, -0.25) is 4.79 Å². The number of nitrogens with one attached hydrogen (secondary N) is 3. The molecule has 2 aromatic carbocycles. The fraction of sp³-hybridized carbons (Fsp3) is 0.333. The summed E-state index contributed by atoms with van der Waals surface area (Å²) in [5.41, 5.74) is 6.48. The molecule has 1 aliphatic heterocycles. The number of H-pyrrole nitrogens is 2. The van der Waals surface area contributed by atoms with Crippen LogP contribution in [0.5, 0.6) is 0 Å². The largest absolute Gasteiger partial charge is 0.387 e. The normalized spacial score (nSPS) is 16.9. The number of aryl methyl sites for hydroxylation is 2. The molecule has 1 saturated heterocycles. The van der Waals surface area contributed by atoms with E-state index >= 15 is 0 Å². The molecule has 0 saturated carbocycles. The Labute approximate surface area is 217 Å². The van der Waals surface area contributed by atoms with Crippen molar-refractivity contribution >= 4 is 38.3 Å². The summed E-state index contributed by atoms with van der Waals surface area (Å²) in [6, 6.07) is 11.8. The van der Waals surface area contributed by atoms with Crippen molar-refractivity contribution in [3.63, 3.8) is 0 Å². The van der Waals surface area contributed by atoms with Gasteiger partial charge in [-0.15, -0.1) is 0 Å². The summed E-state index contributed by atoms with van der Waals surface area (Å²) in [6.07, 6.45) is 1.03. The molecule has 0 aliphatic carbocycles. The lowest BCUT2D eigenvalue weighted by atomic mass is 10.1. The van der Waals surface area contributed by atoms with Crippen molar-refractivity contribution in [1.82, 2.24) is 15.0 Å². The number of rotatable bonds is 6. The molecule has 4 aromatic rings. The van der Waals surface area contributed by atoms with Crippen LogP contribution in [0.15, 0.2) is 51.9 Å². The number of fused-ring (bicyclic) bond motifs is 1. The maximum atomic E-state index is 12.9. The number of aliphatic hydroxyl groups excluding tert-OH is 1. The monoisotopic (exact) mass is 551 g/mol. The lowest BCUT2D eigenvalue weighted by Crippen LogP contribution is -2.41. The van der Waals surface area contributed by atoms with E-state index in [4.69, 9.17) is 9.72 Å². The Balaban J connectivity index is 1.44. The number of anilines is 2. The van der Waals surface area contributed by atoms with Crippen molar-refractivity contribution in [2.24, 2.45) is 0 Å². The Hall–Kier alpha value is -3.14. The number of halogens is 1. The van der Waals surface area contributed by atoms with E-state index in [1.807, 2.05) is 32.0 Å². The highest BCUT2D eigenvalue weighted by Gasteiger charge is 2.20. The zero-order chi connectivity index (χ0) is 25.4. The Morgan fingerprint density at radius 3 is 2.86 bits per heavy atom. The van der Waals surface area contributed by atoms with Crippen LogP contribution in [0.3, 0.4) is 0 Å². The van der Waals surface area contributed by atoms with Gasteiger partial charge in [-0.25, -0.2) is 4.98 Å². The van der Waals surface area contributed by atoms with Crippen LogP contribution in [0.4, 0.5) is 11.4 Å². The van der Waals surface area contributed by atoms with Crippen molar-refractivity contribution in [1.29, 1.82) is 0 Å². The third kappa shape index (κ3) is 4.91. The molecule has 2 atom stereocenters. The standard InChI is InChI=1S/C27H30BrN5O3/c1-15-4-5-18(11-20(15)28)23(34)13-30-21-6-7-29-27(35)24(21)26-31-22-12-19(10-16(2)25(22)32-26)33-8-9-36-17(3)14-33/h4-7,10-12,17,23,34H,8-9,13-14H2,1-3H3,(H,31,32)(H2,29,30,35)/t17?,23-/m1/s1. The van der Waals surface area contributed by atoms with Gasteiger partial charge in [-0.05, 0) is 61.7 Å². The highest BCUT2D eigenvalue weighted by Crippen LogP contribution is 2.30. The van der Waals surface area contributed by atoms with Gasteiger partial charge in [0, 0.05) is 36.0 Å². The van der Waals surface area contributed by atoms with Crippen molar-refractivity contribution in [2.45, 2.75) is 33.0 Å². The second-order valence-corrected chi connectivity index (χ2v) is 10.2. The number of benzene rings is 2. The predicted octanol–water partition coefficient (Wildman–Crippen LogP) is 4.67. The van der Waals surface area contributed by atoms with Crippen LogP contribution in [-0.2, 0) is 4.74 Å². The average Bonchev–Trinajstić information content (AvgIpc) is 3.28. The summed E-state index contributed by atoms with van der Waals surface area (Å²) in [4.78, 5) is 26.1. The van der Waals surface area contributed by atoms with Crippen LogP contribution in [-0.4, -0.2) is 52.4 Å². The van der Waals surface area contributed by atoms with Crippen molar-refractivity contribution < 1.29 is 9.84 Å². The van der Waals surface area contributed by atoms with E-state index in [0.29, 0.717) is 23.7 Å². The highest BCUT2D eigenvalue weighted by atomic mass is 79.9. The lowest BCUT2D eigenvalue weighted by molar-refractivity contribution is 0.0532. The number of morpholine rings is 1. The third-order valence-electron chi connectivity index (χ3n) is 6.63. The smallest absolute Gasteiger partial charge is 0.261 e. The summed E-state index contributed by atoms with van der Waals surface area (Å²) in [5, 5.41) is 14.0. The van der Waals surface area contributed by atoms with Crippen molar-refractivity contribution in [2.75, 3.05) is 36.5 Å². The molecule has 4 N–H and O–H groups in total. The molecule has 8 nitrogen and oxygen atoms in total. The molecule has 36 heavy (non-hydrogen) atoms. The molecule has 0 spiro atoms. The topological polar surface area (TPSA) is 106 Å². The van der Waals surface area contributed by atoms with Crippen LogP contribution >= 0.6 is 15.9 Å². The number of pyridine rings is 1. The van der Waals surface area contributed by atoms with Gasteiger partial charge >= 0.3 is 0 Å². The summed E-state index contributed by atoms with van der Waals surface area (Å²) in [7, 11) is 0. The molecular weight excluding hydrogens is 522 g/mol. The van der Waals surface area contributed by atoms with Crippen LogP contribution in [0.1, 0.15) is 29.7 Å². The Bertz CT molecular complexity index is 1460. The molecule has 1 aliphatic rings. The average molecular weight is 552 g/mol. The molecule has 1 unspecified atom stereocenters. The van der Waals surface area contributed by atoms with E-state index in [0.717, 1.165) is 51.0 Å². The number of hydrogen-bond donors (Lipinski definition) is 4. The fourth-order valence-electron chi connectivity index (χ4n) is 4.63. The van der Waals surface area contributed by atoms with E-state index in [2.05, 4.69) is 55.2 Å². The van der Waals surface area contributed by atoms with Crippen molar-refractivity contribution in [3.05, 3.63) is 74.1 Å².